The van der Waals surface area contributed by atoms with Crippen molar-refractivity contribution >= 4 is 0 Å². The van der Waals surface area contributed by atoms with Crippen molar-refractivity contribution in [1.82, 2.24) is 0 Å². The standard InChI is InChI=1S/C12H19NO2/c1-12(9-13,6-7-14)10-4-3-5-11(8-10)15-2/h3-5,8,14H,6-7,9,13H2,1-2H3. The average molecular weight is 209 g/mol. The Kier molecular flexibility index (Phi) is 4.12. The molecule has 0 amide bonds. The van der Waals surface area contributed by atoms with Gasteiger partial charge in [0, 0.05) is 18.6 Å². The van der Waals surface area contributed by atoms with Crippen LogP contribution in [0, 0.1) is 0 Å². The Balaban J connectivity index is 3.00. The van der Waals surface area contributed by atoms with E-state index in [1.807, 2.05) is 24.3 Å². The number of nitrogens with two attached hydrogens (primary N) is 1. The first-order chi connectivity index (χ1) is 7.16. The van der Waals surface area contributed by atoms with Gasteiger partial charge in [0.15, 0.2) is 0 Å². The third-order valence-electron chi connectivity index (χ3n) is 2.88. The minimum Gasteiger partial charge on any atom is -0.497 e. The van der Waals surface area contributed by atoms with Gasteiger partial charge in [0.2, 0.25) is 0 Å². The molecule has 1 aromatic rings. The van der Waals surface area contributed by atoms with Crippen LogP contribution in [0.25, 0.3) is 0 Å². The molecule has 0 aliphatic rings. The van der Waals surface area contributed by atoms with Crippen molar-refractivity contribution in [2.75, 3.05) is 20.3 Å². The van der Waals surface area contributed by atoms with E-state index in [1.54, 1.807) is 7.11 Å². The Morgan fingerprint density at radius 2 is 2.20 bits per heavy atom. The molecule has 0 saturated carbocycles. The van der Waals surface area contributed by atoms with E-state index in [9.17, 15) is 0 Å². The lowest BCUT2D eigenvalue weighted by Gasteiger charge is -2.28. The highest BCUT2D eigenvalue weighted by molar-refractivity contribution is 5.33. The van der Waals surface area contributed by atoms with Crippen LogP contribution in [0.3, 0.4) is 0 Å². The summed E-state index contributed by atoms with van der Waals surface area (Å²) in [5.41, 5.74) is 6.70. The SMILES string of the molecule is COc1cccc(C(C)(CN)CCO)c1. The average Bonchev–Trinajstić information content (AvgIpc) is 2.29. The molecule has 3 nitrogen and oxygen atoms in total. The summed E-state index contributed by atoms with van der Waals surface area (Å²) in [6, 6.07) is 7.84. The summed E-state index contributed by atoms with van der Waals surface area (Å²) >= 11 is 0. The highest BCUT2D eigenvalue weighted by Gasteiger charge is 2.24. The number of methoxy groups -OCH3 is 1. The fourth-order valence-electron chi connectivity index (χ4n) is 1.61. The summed E-state index contributed by atoms with van der Waals surface area (Å²) in [6.45, 7) is 2.71. The first kappa shape index (κ1) is 12.0. The summed E-state index contributed by atoms with van der Waals surface area (Å²) in [5.74, 6) is 0.824. The lowest BCUT2D eigenvalue weighted by molar-refractivity contribution is 0.246. The van der Waals surface area contributed by atoms with Crippen molar-refractivity contribution in [3.05, 3.63) is 29.8 Å². The Morgan fingerprint density at radius 1 is 1.47 bits per heavy atom. The van der Waals surface area contributed by atoms with Crippen molar-refractivity contribution in [2.45, 2.75) is 18.8 Å². The van der Waals surface area contributed by atoms with Crippen molar-refractivity contribution in [3.63, 3.8) is 0 Å². The zero-order chi connectivity index (χ0) is 11.3. The molecule has 15 heavy (non-hydrogen) atoms. The van der Waals surface area contributed by atoms with Crippen LogP contribution in [-0.2, 0) is 5.41 Å². The minimum absolute atomic E-state index is 0.144. The van der Waals surface area contributed by atoms with Gasteiger partial charge in [0.25, 0.3) is 0 Å². The largest absolute Gasteiger partial charge is 0.497 e. The molecule has 1 rings (SSSR count). The van der Waals surface area contributed by atoms with Gasteiger partial charge in [-0.05, 0) is 24.1 Å². The topological polar surface area (TPSA) is 55.5 Å². The van der Waals surface area contributed by atoms with Gasteiger partial charge in [-0.3, -0.25) is 0 Å². The van der Waals surface area contributed by atoms with E-state index >= 15 is 0 Å². The van der Waals surface area contributed by atoms with Crippen LogP contribution < -0.4 is 10.5 Å². The van der Waals surface area contributed by atoms with E-state index < -0.39 is 0 Å². The third kappa shape index (κ3) is 2.70. The molecule has 0 fully saturated rings. The summed E-state index contributed by atoms with van der Waals surface area (Å²) in [7, 11) is 1.64. The lowest BCUT2D eigenvalue weighted by atomic mass is 9.80. The van der Waals surface area contributed by atoms with E-state index in [4.69, 9.17) is 15.6 Å². The smallest absolute Gasteiger partial charge is 0.119 e. The van der Waals surface area contributed by atoms with Gasteiger partial charge in [0.05, 0.1) is 7.11 Å². The Hall–Kier alpha value is -1.06. The molecule has 3 N–H and O–H groups in total. The van der Waals surface area contributed by atoms with E-state index in [-0.39, 0.29) is 12.0 Å². The minimum atomic E-state index is -0.177. The first-order valence-electron chi connectivity index (χ1n) is 5.12. The van der Waals surface area contributed by atoms with Crippen LogP contribution in [-0.4, -0.2) is 25.4 Å². The van der Waals surface area contributed by atoms with Crippen LogP contribution in [0.1, 0.15) is 18.9 Å². The van der Waals surface area contributed by atoms with E-state index in [0.717, 1.165) is 11.3 Å². The predicted octanol–water partition coefficient (Wildman–Crippen LogP) is 1.29. The number of aliphatic hydroxyl groups excluding tert-OH is 1. The van der Waals surface area contributed by atoms with Crippen LogP contribution in [0.4, 0.5) is 0 Å². The van der Waals surface area contributed by atoms with Crippen molar-refractivity contribution in [2.24, 2.45) is 5.73 Å². The maximum absolute atomic E-state index is 9.03. The number of benzene rings is 1. The molecule has 1 atom stereocenters. The molecule has 0 bridgehead atoms. The molecular weight excluding hydrogens is 190 g/mol. The molecule has 3 heteroatoms. The van der Waals surface area contributed by atoms with Gasteiger partial charge in [-0.1, -0.05) is 19.1 Å². The predicted molar refractivity (Wildman–Crippen MR) is 61.1 cm³/mol. The van der Waals surface area contributed by atoms with Gasteiger partial charge in [0.1, 0.15) is 5.75 Å². The van der Waals surface area contributed by atoms with Gasteiger partial charge >= 0.3 is 0 Å². The van der Waals surface area contributed by atoms with Crippen LogP contribution in [0.5, 0.6) is 5.75 Å². The van der Waals surface area contributed by atoms with Gasteiger partial charge in [-0.25, -0.2) is 0 Å². The van der Waals surface area contributed by atoms with E-state index in [1.165, 1.54) is 0 Å². The van der Waals surface area contributed by atoms with Gasteiger partial charge in [-0.2, -0.15) is 0 Å². The molecule has 1 aromatic carbocycles. The highest BCUT2D eigenvalue weighted by atomic mass is 16.5. The molecular formula is C12H19NO2. The summed E-state index contributed by atoms with van der Waals surface area (Å²) in [5, 5.41) is 9.03. The van der Waals surface area contributed by atoms with Crippen LogP contribution >= 0.6 is 0 Å². The van der Waals surface area contributed by atoms with Crippen molar-refractivity contribution in [3.8, 4) is 5.75 Å². The molecule has 0 spiro atoms. The number of hydrogen-bond acceptors (Lipinski definition) is 3. The van der Waals surface area contributed by atoms with Crippen molar-refractivity contribution < 1.29 is 9.84 Å². The fraction of sp³-hybridized carbons (Fsp3) is 0.500. The zero-order valence-corrected chi connectivity index (χ0v) is 9.36. The summed E-state index contributed by atoms with van der Waals surface area (Å²) in [4.78, 5) is 0. The Morgan fingerprint density at radius 3 is 2.73 bits per heavy atom. The molecule has 84 valence electrons. The Labute approximate surface area is 90.9 Å². The molecule has 0 radical (unpaired) electrons. The number of rotatable bonds is 5. The molecule has 1 unspecified atom stereocenters. The monoisotopic (exact) mass is 209 g/mol. The van der Waals surface area contributed by atoms with Crippen LogP contribution in [0.15, 0.2) is 24.3 Å². The maximum atomic E-state index is 9.03. The summed E-state index contributed by atoms with van der Waals surface area (Å²) < 4.78 is 5.17. The second-order valence-corrected chi connectivity index (χ2v) is 3.97. The molecule has 0 aliphatic heterocycles. The van der Waals surface area contributed by atoms with E-state index in [2.05, 4.69) is 6.92 Å². The highest BCUT2D eigenvalue weighted by Crippen LogP contribution is 2.28. The lowest BCUT2D eigenvalue weighted by Crippen LogP contribution is -2.32. The number of ether oxygens (including phenoxy) is 1. The van der Waals surface area contributed by atoms with Gasteiger partial charge in [-0.15, -0.1) is 0 Å². The summed E-state index contributed by atoms with van der Waals surface area (Å²) in [6.07, 6.45) is 0.663. The van der Waals surface area contributed by atoms with E-state index in [0.29, 0.717) is 13.0 Å². The second kappa shape index (κ2) is 5.14. The number of aliphatic hydroxyl groups is 1. The first-order valence-corrected chi connectivity index (χ1v) is 5.12. The van der Waals surface area contributed by atoms with Gasteiger partial charge < -0.3 is 15.6 Å². The Bertz CT molecular complexity index is 314. The van der Waals surface area contributed by atoms with Crippen molar-refractivity contribution in [1.29, 1.82) is 0 Å². The molecule has 0 saturated heterocycles. The molecule has 0 heterocycles. The fourth-order valence-corrected chi connectivity index (χ4v) is 1.61. The normalized spacial score (nSPS) is 14.7. The molecule has 0 aromatic heterocycles. The van der Waals surface area contributed by atoms with Crippen LogP contribution in [0.2, 0.25) is 0 Å². The molecule has 0 aliphatic carbocycles. The zero-order valence-electron chi connectivity index (χ0n) is 9.36. The maximum Gasteiger partial charge on any atom is 0.119 e. The second-order valence-electron chi connectivity index (χ2n) is 3.97. The quantitative estimate of drug-likeness (QED) is 0.768. The third-order valence-corrected chi connectivity index (χ3v) is 2.88. The number of hydrogen-bond donors (Lipinski definition) is 2.